The van der Waals surface area contributed by atoms with Gasteiger partial charge in [-0.3, -0.25) is 0 Å². The molecule has 0 amide bonds. The van der Waals surface area contributed by atoms with Gasteiger partial charge in [-0.2, -0.15) is 4.79 Å². The van der Waals surface area contributed by atoms with Crippen LogP contribution in [0, 0.1) is 0 Å². The van der Waals surface area contributed by atoms with Crippen molar-refractivity contribution in [3.63, 3.8) is 0 Å². The number of fused-ring (bicyclic) bond motifs is 1. The number of hydrogen-bond acceptors (Lipinski definition) is 2. The van der Waals surface area contributed by atoms with E-state index < -0.39 is 0 Å². The van der Waals surface area contributed by atoms with Crippen LogP contribution in [0.15, 0.2) is 72.8 Å². The van der Waals surface area contributed by atoms with Crippen molar-refractivity contribution in [1.29, 1.82) is 0 Å². The summed E-state index contributed by atoms with van der Waals surface area (Å²) in [5.41, 5.74) is 2.19. The quantitative estimate of drug-likeness (QED) is 0.442. The summed E-state index contributed by atoms with van der Waals surface area (Å²) in [7, 11) is 0. The molecule has 2 heterocycles. The summed E-state index contributed by atoms with van der Waals surface area (Å²) in [6, 6.07) is 22.1. The zero-order chi connectivity index (χ0) is 17.2. The molecule has 4 aromatic rings. The maximum Gasteiger partial charge on any atom is 0.147 e. The minimum atomic E-state index is 0.285. The molecule has 124 valence electrons. The zero-order valence-corrected chi connectivity index (χ0v) is 13.9. The van der Waals surface area contributed by atoms with Gasteiger partial charge in [-0.1, -0.05) is 64.6 Å². The zero-order valence-electron chi connectivity index (χ0n) is 13.2. The molecule has 0 aliphatic rings. The average Bonchev–Trinajstić information content (AvgIpc) is 2.98. The molecule has 0 spiro atoms. The summed E-state index contributed by atoms with van der Waals surface area (Å²) in [6.45, 7) is 0.365. The van der Waals surface area contributed by atoms with Gasteiger partial charge in [0.15, 0.2) is 0 Å². The van der Waals surface area contributed by atoms with Crippen LogP contribution < -0.4 is 4.74 Å². The Hall–Kier alpha value is -2.85. The van der Waals surface area contributed by atoms with Crippen molar-refractivity contribution in [3.8, 4) is 17.1 Å². The van der Waals surface area contributed by atoms with E-state index in [-0.39, 0.29) is 5.15 Å². The van der Waals surface area contributed by atoms with Gasteiger partial charge >= 0.3 is 0 Å². The molecule has 3 nitrogen and oxygen atoms in total. The Bertz CT molecular complexity index is 1030. The first kappa shape index (κ1) is 15.7. The molecule has 4 rings (SSSR count). The van der Waals surface area contributed by atoms with E-state index in [1.807, 2.05) is 42.5 Å². The number of aromatic nitrogens is 2. The second-order valence-electron chi connectivity index (χ2n) is 5.62. The molecule has 0 saturated carbocycles. The van der Waals surface area contributed by atoms with E-state index in [2.05, 4.69) is 4.98 Å². The highest BCUT2D eigenvalue weighted by Gasteiger charge is 2.17. The van der Waals surface area contributed by atoms with E-state index in [0.29, 0.717) is 34.1 Å². The molecule has 0 aliphatic heterocycles. The molecule has 0 atom stereocenters. The molecule has 2 aromatic carbocycles. The Balaban J connectivity index is 1.75. The van der Waals surface area contributed by atoms with Gasteiger partial charge in [0, 0.05) is 5.39 Å². The molecule has 0 unspecified atom stereocenters. The summed E-state index contributed by atoms with van der Waals surface area (Å²) in [6.07, 6.45) is 0. The van der Waals surface area contributed by atoms with Gasteiger partial charge in [-0.15, -0.1) is 0 Å². The molecule has 2 aromatic heterocycles. The van der Waals surface area contributed by atoms with Crippen LogP contribution in [0.25, 0.3) is 22.3 Å². The van der Waals surface area contributed by atoms with E-state index in [1.165, 1.54) is 0 Å². The van der Waals surface area contributed by atoms with Gasteiger partial charge in [0.25, 0.3) is 0 Å². The van der Waals surface area contributed by atoms with Gasteiger partial charge in [-0.05, 0) is 29.8 Å². The number of nitrogens with zero attached hydrogens (tertiary/aromatic N) is 2. The van der Waals surface area contributed by atoms with Gasteiger partial charge in [0.2, 0.25) is 0 Å². The van der Waals surface area contributed by atoms with Crippen LogP contribution >= 0.6 is 11.6 Å². The van der Waals surface area contributed by atoms with Crippen LogP contribution in [0.5, 0.6) is 5.75 Å². The van der Waals surface area contributed by atoms with Gasteiger partial charge in [0.1, 0.15) is 28.9 Å². The molecule has 0 aliphatic carbocycles. The number of ether oxygens (including phenoxy) is 1. The first-order valence-electron chi connectivity index (χ1n) is 7.82. The molecule has 0 N–H and O–H groups in total. The topological polar surface area (TPSA) is 27.1 Å². The molecular formula is C20H14ClFN2O. The Labute approximate surface area is 149 Å². The van der Waals surface area contributed by atoms with Crippen molar-refractivity contribution in [2.24, 2.45) is 0 Å². The molecule has 0 radical (unpaired) electrons. The second-order valence-corrected chi connectivity index (χ2v) is 6.01. The van der Waals surface area contributed by atoms with E-state index in [4.69, 9.17) is 16.3 Å². The summed E-state index contributed by atoms with van der Waals surface area (Å²) >= 11 is 6.04. The minimum absolute atomic E-state index is 0.285. The molecule has 25 heavy (non-hydrogen) atoms. The molecule has 5 heteroatoms. The molecule has 0 saturated heterocycles. The molecule has 0 fully saturated rings. The number of hydrogen-bond donors (Lipinski definition) is 0. The van der Waals surface area contributed by atoms with Crippen molar-refractivity contribution >= 4 is 22.5 Å². The SMILES string of the molecule is Fn1c(-c2nc(Cl)ccc2OCc2ccccc2)cc2ccccc21. The number of rotatable bonds is 4. The van der Waals surface area contributed by atoms with E-state index in [9.17, 15) is 4.48 Å². The largest absolute Gasteiger partial charge is 0.487 e. The van der Waals surface area contributed by atoms with Crippen molar-refractivity contribution < 1.29 is 9.22 Å². The number of pyridine rings is 1. The van der Waals surface area contributed by atoms with Crippen LogP contribution in [0.1, 0.15) is 5.56 Å². The lowest BCUT2D eigenvalue weighted by molar-refractivity contribution is 0.305. The minimum Gasteiger partial charge on any atom is -0.487 e. The Morgan fingerprint density at radius 3 is 2.52 bits per heavy atom. The highest BCUT2D eigenvalue weighted by Crippen LogP contribution is 2.34. The van der Waals surface area contributed by atoms with Gasteiger partial charge in [-0.25, -0.2) is 4.98 Å². The number of para-hydroxylation sites is 1. The fraction of sp³-hybridized carbons (Fsp3) is 0.0500. The second kappa shape index (κ2) is 6.57. The highest BCUT2D eigenvalue weighted by atomic mass is 35.5. The van der Waals surface area contributed by atoms with Crippen LogP contribution in [0.4, 0.5) is 4.48 Å². The highest BCUT2D eigenvalue weighted by molar-refractivity contribution is 6.29. The number of halogens is 2. The van der Waals surface area contributed by atoms with Crippen LogP contribution in [0.3, 0.4) is 0 Å². The van der Waals surface area contributed by atoms with Crippen LogP contribution in [0.2, 0.25) is 5.15 Å². The van der Waals surface area contributed by atoms with Gasteiger partial charge in [0.05, 0.1) is 5.52 Å². The average molecular weight is 353 g/mol. The van der Waals surface area contributed by atoms with Crippen LogP contribution in [-0.4, -0.2) is 9.77 Å². The lowest BCUT2D eigenvalue weighted by Crippen LogP contribution is -1.99. The van der Waals surface area contributed by atoms with E-state index in [1.54, 1.807) is 30.3 Å². The first-order valence-corrected chi connectivity index (χ1v) is 8.20. The van der Waals surface area contributed by atoms with E-state index in [0.717, 1.165) is 10.9 Å². The lowest BCUT2D eigenvalue weighted by Gasteiger charge is -2.11. The Kier molecular flexibility index (Phi) is 4.12. The summed E-state index contributed by atoms with van der Waals surface area (Å²) in [4.78, 5) is 4.91. The first-order chi connectivity index (χ1) is 12.2. The third-order valence-corrected chi connectivity index (χ3v) is 4.17. The third-order valence-electron chi connectivity index (χ3n) is 3.96. The monoisotopic (exact) mass is 352 g/mol. The van der Waals surface area contributed by atoms with E-state index >= 15 is 0 Å². The van der Waals surface area contributed by atoms with Crippen molar-refractivity contribution in [2.45, 2.75) is 6.61 Å². The van der Waals surface area contributed by atoms with Crippen molar-refractivity contribution in [2.75, 3.05) is 0 Å². The predicted molar refractivity (Wildman–Crippen MR) is 97.5 cm³/mol. The lowest BCUT2D eigenvalue weighted by atomic mass is 10.2. The molecule has 0 bridgehead atoms. The maximum absolute atomic E-state index is 14.8. The van der Waals surface area contributed by atoms with Gasteiger partial charge < -0.3 is 4.74 Å². The van der Waals surface area contributed by atoms with Crippen LogP contribution in [-0.2, 0) is 6.61 Å². The summed E-state index contributed by atoms with van der Waals surface area (Å²) < 4.78 is 20.7. The van der Waals surface area contributed by atoms with Crippen molar-refractivity contribution in [1.82, 2.24) is 9.77 Å². The fourth-order valence-electron chi connectivity index (χ4n) is 2.74. The standard InChI is InChI=1S/C20H14ClFN2O/c21-19-11-10-18(25-13-14-6-2-1-3-7-14)20(23-19)17-12-15-8-4-5-9-16(15)24(17)22/h1-12H,13H2. The predicted octanol–water partition coefficient (Wildman–Crippen LogP) is 5.67. The summed E-state index contributed by atoms with van der Waals surface area (Å²) in [5, 5.41) is 1.07. The smallest absolute Gasteiger partial charge is 0.147 e. The molecular weight excluding hydrogens is 339 g/mol. The Morgan fingerprint density at radius 2 is 1.72 bits per heavy atom. The Morgan fingerprint density at radius 1 is 0.960 bits per heavy atom. The maximum atomic E-state index is 14.8. The number of benzene rings is 2. The summed E-state index contributed by atoms with van der Waals surface area (Å²) in [5.74, 6) is 0.481. The fourth-order valence-corrected chi connectivity index (χ4v) is 2.89. The van der Waals surface area contributed by atoms with Crippen molar-refractivity contribution in [3.05, 3.63) is 83.5 Å². The third kappa shape index (κ3) is 3.08. The normalized spacial score (nSPS) is 11.0.